The van der Waals surface area contributed by atoms with Gasteiger partial charge in [0.25, 0.3) is 15.9 Å². The van der Waals surface area contributed by atoms with E-state index in [1.54, 1.807) is 36.4 Å². The summed E-state index contributed by atoms with van der Waals surface area (Å²) in [4.78, 5) is 26.2. The van der Waals surface area contributed by atoms with E-state index in [1.165, 1.54) is 6.26 Å². The Hall–Kier alpha value is -3.14. The van der Waals surface area contributed by atoms with Gasteiger partial charge in [0, 0.05) is 18.7 Å². The minimum atomic E-state index is -3.67. The molecule has 158 valence electrons. The second-order valence-electron chi connectivity index (χ2n) is 7.11. The van der Waals surface area contributed by atoms with Crippen molar-refractivity contribution in [2.45, 2.75) is 24.3 Å². The predicted octanol–water partition coefficient (Wildman–Crippen LogP) is 1.30. The van der Waals surface area contributed by atoms with E-state index >= 15 is 0 Å². The Balaban J connectivity index is 1.26. The number of rotatable bonds is 5. The van der Waals surface area contributed by atoms with E-state index < -0.39 is 21.9 Å². The molecule has 4 rings (SSSR count). The van der Waals surface area contributed by atoms with Crippen LogP contribution in [0.2, 0.25) is 0 Å². The summed E-state index contributed by atoms with van der Waals surface area (Å²) < 4.78 is 38.6. The lowest BCUT2D eigenvalue weighted by Gasteiger charge is -2.32. The van der Waals surface area contributed by atoms with Crippen LogP contribution in [0, 0.1) is 5.92 Å². The lowest BCUT2D eigenvalue weighted by molar-refractivity contribution is -0.153. The second-order valence-corrected chi connectivity index (χ2v) is 8.68. The number of amides is 1. The van der Waals surface area contributed by atoms with Crippen LogP contribution in [0.5, 0.6) is 0 Å². The van der Waals surface area contributed by atoms with Crippen molar-refractivity contribution in [3.05, 3.63) is 54.0 Å². The Labute approximate surface area is 173 Å². The van der Waals surface area contributed by atoms with Crippen LogP contribution in [-0.2, 0) is 30.9 Å². The first-order valence-electron chi connectivity index (χ1n) is 9.59. The molecule has 0 spiro atoms. The zero-order valence-corrected chi connectivity index (χ0v) is 16.9. The molecule has 2 aliphatic rings. The number of piperidine rings is 1. The summed E-state index contributed by atoms with van der Waals surface area (Å²) in [6, 6.07) is 10.2. The fraction of sp³-hybridized carbons (Fsp3) is 0.350. The zero-order valence-electron chi connectivity index (χ0n) is 16.1. The topological polar surface area (TPSA) is 118 Å². The van der Waals surface area contributed by atoms with Crippen LogP contribution >= 0.6 is 0 Å². The van der Waals surface area contributed by atoms with Crippen molar-refractivity contribution in [3.8, 4) is 0 Å². The van der Waals surface area contributed by atoms with E-state index in [2.05, 4.69) is 9.71 Å². The van der Waals surface area contributed by atoms with Crippen molar-refractivity contribution >= 4 is 27.7 Å². The smallest absolute Gasteiger partial charge is 0.309 e. The number of hydrogen-bond donors (Lipinski definition) is 1. The summed E-state index contributed by atoms with van der Waals surface area (Å²) in [6.45, 7) is 0.840. The summed E-state index contributed by atoms with van der Waals surface area (Å²) in [5.41, 5.74) is 0.590. The fourth-order valence-electron chi connectivity index (χ4n) is 3.55. The van der Waals surface area contributed by atoms with Gasteiger partial charge in [-0.1, -0.05) is 12.1 Å². The number of amidine groups is 1. The highest BCUT2D eigenvalue weighted by molar-refractivity contribution is 7.90. The predicted molar refractivity (Wildman–Crippen MR) is 106 cm³/mol. The number of sulfonamides is 1. The minimum absolute atomic E-state index is 0.210. The number of carbonyl (C=O) groups excluding carboxylic acids is 2. The molecule has 2 aromatic rings. The molecule has 0 aliphatic carbocycles. The van der Waals surface area contributed by atoms with E-state index in [4.69, 9.17) is 9.15 Å². The van der Waals surface area contributed by atoms with Gasteiger partial charge in [-0.3, -0.25) is 9.59 Å². The number of likely N-dealkylation sites (tertiary alicyclic amines) is 1. The Kier molecular flexibility index (Phi) is 5.58. The van der Waals surface area contributed by atoms with Gasteiger partial charge in [-0.05, 0) is 37.1 Å². The third-order valence-corrected chi connectivity index (χ3v) is 6.45. The Morgan fingerprint density at radius 1 is 1.17 bits per heavy atom. The Morgan fingerprint density at radius 3 is 2.67 bits per heavy atom. The number of furan rings is 1. The third kappa shape index (κ3) is 4.23. The molecule has 1 amide bonds. The zero-order chi connectivity index (χ0) is 21.1. The molecule has 1 N–H and O–H groups in total. The lowest BCUT2D eigenvalue weighted by Crippen LogP contribution is -2.41. The molecular formula is C20H21N3O6S. The van der Waals surface area contributed by atoms with E-state index in [-0.39, 0.29) is 24.0 Å². The minimum Gasteiger partial charge on any atom is -0.467 e. The Morgan fingerprint density at radius 2 is 1.93 bits per heavy atom. The fourth-order valence-corrected chi connectivity index (χ4v) is 4.78. The van der Waals surface area contributed by atoms with Gasteiger partial charge in [0.1, 0.15) is 10.7 Å². The molecule has 2 aliphatic heterocycles. The molecule has 1 saturated heterocycles. The first-order chi connectivity index (χ1) is 14.4. The molecule has 0 unspecified atom stereocenters. The molecular weight excluding hydrogens is 410 g/mol. The SMILES string of the molecule is O=C(COC(=O)C1CCN(C2=NS(=O)(=O)c3ccccc32)CC1)NCc1ccco1. The van der Waals surface area contributed by atoms with Crippen molar-refractivity contribution in [2.75, 3.05) is 19.7 Å². The average Bonchev–Trinajstić information content (AvgIpc) is 3.37. The summed E-state index contributed by atoms with van der Waals surface area (Å²) in [6.07, 6.45) is 2.50. The van der Waals surface area contributed by atoms with Gasteiger partial charge in [-0.2, -0.15) is 8.42 Å². The maximum Gasteiger partial charge on any atom is 0.309 e. The van der Waals surface area contributed by atoms with Crippen LogP contribution in [0.4, 0.5) is 0 Å². The van der Waals surface area contributed by atoms with E-state index in [0.29, 0.717) is 43.1 Å². The van der Waals surface area contributed by atoms with Crippen molar-refractivity contribution in [1.82, 2.24) is 10.2 Å². The highest BCUT2D eigenvalue weighted by Gasteiger charge is 2.34. The van der Waals surface area contributed by atoms with Gasteiger partial charge in [0.15, 0.2) is 12.4 Å². The standard InChI is InChI=1S/C20H21N3O6S/c24-18(21-12-15-4-3-11-28-15)13-29-20(25)14-7-9-23(10-8-14)19-16-5-1-2-6-17(16)30(26,27)22-19/h1-6,11,14H,7-10,12-13H2,(H,21,24). The van der Waals surface area contributed by atoms with Gasteiger partial charge in [-0.25, -0.2) is 0 Å². The van der Waals surface area contributed by atoms with Gasteiger partial charge >= 0.3 is 5.97 Å². The summed E-state index contributed by atoms with van der Waals surface area (Å²) in [7, 11) is -3.67. The first kappa shape index (κ1) is 20.1. The molecule has 0 bridgehead atoms. The van der Waals surface area contributed by atoms with Crippen LogP contribution in [0.1, 0.15) is 24.2 Å². The summed E-state index contributed by atoms with van der Waals surface area (Å²) >= 11 is 0. The maximum atomic E-state index is 12.3. The van der Waals surface area contributed by atoms with Crippen LogP contribution in [-0.4, -0.2) is 50.7 Å². The molecule has 10 heteroatoms. The number of fused-ring (bicyclic) bond motifs is 1. The van der Waals surface area contributed by atoms with Crippen molar-refractivity contribution in [2.24, 2.45) is 10.3 Å². The molecule has 30 heavy (non-hydrogen) atoms. The highest BCUT2D eigenvalue weighted by atomic mass is 32.2. The number of benzene rings is 1. The number of nitrogens with zero attached hydrogens (tertiary/aromatic N) is 2. The number of nitrogens with one attached hydrogen (secondary N) is 1. The molecule has 3 heterocycles. The average molecular weight is 431 g/mol. The summed E-state index contributed by atoms with van der Waals surface area (Å²) in [5.74, 6) is -0.133. The molecule has 0 saturated carbocycles. The number of hydrogen-bond acceptors (Lipinski definition) is 7. The lowest BCUT2D eigenvalue weighted by atomic mass is 9.96. The largest absolute Gasteiger partial charge is 0.467 e. The van der Waals surface area contributed by atoms with Gasteiger partial charge in [0.2, 0.25) is 0 Å². The number of esters is 1. The highest BCUT2D eigenvalue weighted by Crippen LogP contribution is 2.29. The van der Waals surface area contributed by atoms with Crippen molar-refractivity contribution in [3.63, 3.8) is 0 Å². The van der Waals surface area contributed by atoms with Crippen LogP contribution < -0.4 is 5.32 Å². The van der Waals surface area contributed by atoms with Gasteiger partial charge in [0.05, 0.1) is 18.7 Å². The van der Waals surface area contributed by atoms with E-state index in [0.717, 1.165) is 0 Å². The first-order valence-corrected chi connectivity index (χ1v) is 11.0. The molecule has 9 nitrogen and oxygen atoms in total. The van der Waals surface area contributed by atoms with E-state index in [1.807, 2.05) is 4.90 Å². The van der Waals surface area contributed by atoms with Crippen molar-refractivity contribution < 1.29 is 27.2 Å². The number of carbonyl (C=O) groups is 2. The molecule has 1 aromatic heterocycles. The van der Waals surface area contributed by atoms with Gasteiger partial charge < -0.3 is 19.4 Å². The second kappa shape index (κ2) is 8.31. The molecule has 1 aromatic carbocycles. The molecule has 0 atom stereocenters. The summed E-state index contributed by atoms with van der Waals surface area (Å²) in [5, 5.41) is 2.61. The number of ether oxygens (including phenoxy) is 1. The van der Waals surface area contributed by atoms with Crippen LogP contribution in [0.15, 0.2) is 56.4 Å². The van der Waals surface area contributed by atoms with Crippen LogP contribution in [0.3, 0.4) is 0 Å². The Bertz CT molecular complexity index is 1070. The quantitative estimate of drug-likeness (QED) is 0.709. The van der Waals surface area contributed by atoms with Crippen LogP contribution in [0.25, 0.3) is 0 Å². The molecule has 0 radical (unpaired) electrons. The van der Waals surface area contributed by atoms with E-state index in [9.17, 15) is 18.0 Å². The normalized spacial score (nSPS) is 17.9. The maximum absolute atomic E-state index is 12.3. The monoisotopic (exact) mass is 431 g/mol. The molecule has 1 fully saturated rings. The third-order valence-electron chi connectivity index (χ3n) is 5.13. The van der Waals surface area contributed by atoms with Gasteiger partial charge in [-0.15, -0.1) is 4.40 Å². The van der Waals surface area contributed by atoms with Crippen molar-refractivity contribution in [1.29, 1.82) is 0 Å².